The molecule has 0 atom stereocenters. The maximum atomic E-state index is 5.12. The highest BCUT2D eigenvalue weighted by atomic mass is 15.2. The summed E-state index contributed by atoms with van der Waals surface area (Å²) in [7, 11) is 0. The molecule has 126 valence electrons. The van der Waals surface area contributed by atoms with Crippen molar-refractivity contribution in [1.29, 1.82) is 0 Å². The molecule has 4 rings (SSSR count). The van der Waals surface area contributed by atoms with Gasteiger partial charge in [0.1, 0.15) is 11.5 Å². The summed E-state index contributed by atoms with van der Waals surface area (Å²) in [5.74, 6) is 1.89. The molecule has 24 heavy (non-hydrogen) atoms. The highest BCUT2D eigenvalue weighted by molar-refractivity contribution is 5.69. The van der Waals surface area contributed by atoms with Gasteiger partial charge in [-0.25, -0.2) is 4.98 Å². The largest absolute Gasteiger partial charge is 0.357 e. The number of hydrogen-bond acceptors (Lipinski definition) is 3. The van der Waals surface area contributed by atoms with Crippen molar-refractivity contribution in [3.8, 4) is 0 Å². The minimum Gasteiger partial charge on any atom is -0.357 e. The second kappa shape index (κ2) is 6.44. The Morgan fingerprint density at radius 2 is 2.08 bits per heavy atom. The van der Waals surface area contributed by atoms with Gasteiger partial charge in [0.2, 0.25) is 0 Å². The number of allylic oxidation sites excluding steroid dienone is 6. The van der Waals surface area contributed by atoms with E-state index in [4.69, 9.17) is 4.98 Å². The number of nitrogens with one attached hydrogen (secondary N) is 2. The second-order valence-corrected chi connectivity index (χ2v) is 7.08. The molecule has 1 saturated carbocycles. The van der Waals surface area contributed by atoms with E-state index in [0.29, 0.717) is 5.92 Å². The molecule has 4 heteroatoms. The van der Waals surface area contributed by atoms with E-state index in [0.717, 1.165) is 35.9 Å². The van der Waals surface area contributed by atoms with Crippen molar-refractivity contribution in [3.05, 3.63) is 59.4 Å². The van der Waals surface area contributed by atoms with Gasteiger partial charge in [-0.3, -0.25) is 5.32 Å². The summed E-state index contributed by atoms with van der Waals surface area (Å²) < 4.78 is 2.41. The van der Waals surface area contributed by atoms with E-state index in [2.05, 4.69) is 40.9 Å². The fourth-order valence-electron chi connectivity index (χ4n) is 4.00. The molecule has 3 aliphatic rings. The zero-order chi connectivity index (χ0) is 16.5. The maximum Gasteiger partial charge on any atom is 0.113 e. The zero-order valence-electron chi connectivity index (χ0n) is 14.4. The van der Waals surface area contributed by atoms with Crippen LogP contribution in [0, 0.1) is 0 Å². The number of rotatable bonds is 2. The van der Waals surface area contributed by atoms with E-state index >= 15 is 0 Å². The number of hydrogen-bond donors (Lipinski definition) is 2. The van der Waals surface area contributed by atoms with Gasteiger partial charge in [0.05, 0.1) is 18.1 Å². The molecule has 0 amide bonds. The molecule has 3 heterocycles. The van der Waals surface area contributed by atoms with Gasteiger partial charge in [0.25, 0.3) is 0 Å². The molecule has 2 aliphatic heterocycles. The Morgan fingerprint density at radius 3 is 2.92 bits per heavy atom. The Morgan fingerprint density at radius 1 is 1.25 bits per heavy atom. The van der Waals surface area contributed by atoms with E-state index in [1.165, 1.54) is 43.6 Å². The van der Waals surface area contributed by atoms with Gasteiger partial charge in [-0.05, 0) is 37.5 Å². The van der Waals surface area contributed by atoms with E-state index < -0.39 is 0 Å². The quantitative estimate of drug-likeness (QED) is 0.866. The lowest BCUT2D eigenvalue weighted by atomic mass is 9.89. The lowest BCUT2D eigenvalue weighted by molar-refractivity contribution is 0.415. The van der Waals surface area contributed by atoms with Crippen molar-refractivity contribution in [2.75, 3.05) is 0 Å². The van der Waals surface area contributed by atoms with Crippen LogP contribution in [0.4, 0.5) is 0 Å². The third kappa shape index (κ3) is 2.86. The molecule has 1 aromatic rings. The molecule has 1 aromatic heterocycles. The normalized spacial score (nSPS) is 27.3. The number of fused-ring (bicyclic) bond motifs is 1. The lowest BCUT2D eigenvalue weighted by Crippen LogP contribution is -2.15. The number of nitrogens with zero attached hydrogens (tertiary/aromatic N) is 2. The van der Waals surface area contributed by atoms with E-state index in [9.17, 15) is 0 Å². The minimum atomic E-state index is 0.611. The van der Waals surface area contributed by atoms with Crippen molar-refractivity contribution in [2.45, 2.75) is 58.2 Å². The first kappa shape index (κ1) is 15.5. The smallest absolute Gasteiger partial charge is 0.113 e. The van der Waals surface area contributed by atoms with Crippen LogP contribution in [0.15, 0.2) is 42.2 Å². The van der Waals surface area contributed by atoms with Gasteiger partial charge in [0, 0.05) is 18.2 Å². The van der Waals surface area contributed by atoms with Crippen molar-refractivity contribution in [2.24, 2.45) is 0 Å². The van der Waals surface area contributed by atoms with Gasteiger partial charge < -0.3 is 9.88 Å². The van der Waals surface area contributed by atoms with E-state index in [1.807, 2.05) is 12.2 Å². The third-order valence-corrected chi connectivity index (χ3v) is 5.21. The highest BCUT2D eigenvalue weighted by Gasteiger charge is 2.28. The maximum absolute atomic E-state index is 5.12. The third-order valence-electron chi connectivity index (χ3n) is 5.21. The highest BCUT2D eigenvalue weighted by Crippen LogP contribution is 2.35. The molecule has 0 aromatic carbocycles. The molecular formula is C20H26N4. The predicted molar refractivity (Wildman–Crippen MR) is 98.0 cm³/mol. The molecular weight excluding hydrogens is 296 g/mol. The molecule has 1 fully saturated rings. The number of aromatic nitrogens is 2. The summed E-state index contributed by atoms with van der Waals surface area (Å²) >= 11 is 0. The van der Waals surface area contributed by atoms with Crippen molar-refractivity contribution in [3.63, 3.8) is 0 Å². The average Bonchev–Trinajstić information content (AvgIpc) is 3.15. The van der Waals surface area contributed by atoms with Gasteiger partial charge in [0.15, 0.2) is 0 Å². The summed E-state index contributed by atoms with van der Waals surface area (Å²) in [4.78, 5) is 5.12. The Hall–Kier alpha value is -2.07. The van der Waals surface area contributed by atoms with Crippen LogP contribution >= 0.6 is 0 Å². The standard InChI is InChI=1S/C20H26N4/c1-14-7-6-8-15(2)22-17(11-14)19-18-12-21-13-24(18)20(23-19)16-9-4-3-5-10-16/h6-8,11,16,21-22H,1,3-5,9-10,12-13H2,2H3/b7-6-,15-8-,17-11-. The molecule has 4 nitrogen and oxygen atoms in total. The second-order valence-electron chi connectivity index (χ2n) is 7.08. The molecule has 1 aliphatic carbocycles. The molecule has 0 unspecified atom stereocenters. The summed E-state index contributed by atoms with van der Waals surface area (Å²) in [6, 6.07) is 0. The van der Waals surface area contributed by atoms with Crippen molar-refractivity contribution >= 4 is 5.70 Å². The Bertz CT molecular complexity index is 742. The van der Waals surface area contributed by atoms with E-state index in [-0.39, 0.29) is 0 Å². The van der Waals surface area contributed by atoms with Gasteiger partial charge in [-0.2, -0.15) is 0 Å². The first-order chi connectivity index (χ1) is 11.7. The van der Waals surface area contributed by atoms with Crippen molar-refractivity contribution < 1.29 is 0 Å². The fraction of sp³-hybridized carbons (Fsp3) is 0.450. The Balaban J connectivity index is 1.75. The summed E-state index contributed by atoms with van der Waals surface area (Å²) in [5, 5.41) is 7.01. The van der Waals surface area contributed by atoms with Crippen LogP contribution in [0.5, 0.6) is 0 Å². The van der Waals surface area contributed by atoms with Gasteiger partial charge >= 0.3 is 0 Å². The minimum absolute atomic E-state index is 0.611. The molecule has 0 saturated heterocycles. The van der Waals surface area contributed by atoms with Crippen LogP contribution in [0.25, 0.3) is 5.70 Å². The SMILES string of the molecule is C=C1/C=C\C=C(\C)N/C(c2nc(C3CCCCC3)n3c2CNC3)=C\1. The monoisotopic (exact) mass is 322 g/mol. The first-order valence-corrected chi connectivity index (χ1v) is 9.05. The molecule has 2 N–H and O–H groups in total. The van der Waals surface area contributed by atoms with E-state index in [1.54, 1.807) is 0 Å². The van der Waals surface area contributed by atoms with Crippen LogP contribution < -0.4 is 10.6 Å². The molecule has 0 bridgehead atoms. The summed E-state index contributed by atoms with van der Waals surface area (Å²) in [5.41, 5.74) is 5.57. The summed E-state index contributed by atoms with van der Waals surface area (Å²) in [6.07, 6.45) is 14.9. The Labute approximate surface area is 144 Å². The van der Waals surface area contributed by atoms with Gasteiger partial charge in [-0.15, -0.1) is 0 Å². The average molecular weight is 322 g/mol. The van der Waals surface area contributed by atoms with Crippen LogP contribution in [0.2, 0.25) is 0 Å². The zero-order valence-corrected chi connectivity index (χ0v) is 14.4. The predicted octanol–water partition coefficient (Wildman–Crippen LogP) is 3.95. The van der Waals surface area contributed by atoms with Crippen LogP contribution in [-0.2, 0) is 13.2 Å². The lowest BCUT2D eigenvalue weighted by Gasteiger charge is -2.21. The van der Waals surface area contributed by atoms with Crippen LogP contribution in [-0.4, -0.2) is 9.55 Å². The summed E-state index contributed by atoms with van der Waals surface area (Å²) in [6.45, 7) is 7.98. The topological polar surface area (TPSA) is 41.9 Å². The Kier molecular flexibility index (Phi) is 4.15. The number of imidazole rings is 1. The van der Waals surface area contributed by atoms with Gasteiger partial charge in [-0.1, -0.05) is 38.0 Å². The molecule has 0 radical (unpaired) electrons. The van der Waals surface area contributed by atoms with Crippen LogP contribution in [0.3, 0.4) is 0 Å². The fourth-order valence-corrected chi connectivity index (χ4v) is 4.00. The van der Waals surface area contributed by atoms with Crippen molar-refractivity contribution in [1.82, 2.24) is 20.2 Å². The molecule has 0 spiro atoms. The van der Waals surface area contributed by atoms with Crippen LogP contribution in [0.1, 0.15) is 62.2 Å². The first-order valence-electron chi connectivity index (χ1n) is 9.05.